The van der Waals surface area contributed by atoms with Crippen molar-refractivity contribution in [3.8, 4) is 0 Å². The summed E-state index contributed by atoms with van der Waals surface area (Å²) in [6.45, 7) is 2.39. The summed E-state index contributed by atoms with van der Waals surface area (Å²) in [6, 6.07) is 8.66. The predicted molar refractivity (Wildman–Crippen MR) is 87.8 cm³/mol. The molecule has 118 valence electrons. The zero-order chi connectivity index (χ0) is 15.7. The Hall–Kier alpha value is -1.21. The summed E-state index contributed by atoms with van der Waals surface area (Å²) >= 11 is 1.80. The number of sulfone groups is 1. The molecule has 1 N–H and O–H groups in total. The van der Waals surface area contributed by atoms with E-state index in [0.717, 1.165) is 25.1 Å². The minimum absolute atomic E-state index is 0.282. The van der Waals surface area contributed by atoms with E-state index in [1.54, 1.807) is 35.6 Å². The van der Waals surface area contributed by atoms with Crippen molar-refractivity contribution in [1.29, 1.82) is 0 Å². The fourth-order valence-electron chi connectivity index (χ4n) is 2.75. The number of hydrogen-bond donors (Lipinski definition) is 1. The molecule has 0 saturated heterocycles. The van der Waals surface area contributed by atoms with Gasteiger partial charge in [0.05, 0.1) is 11.0 Å². The molecule has 0 amide bonds. The summed E-state index contributed by atoms with van der Waals surface area (Å²) in [5, 5.41) is 12.5. The second-order valence-corrected chi connectivity index (χ2v) is 8.73. The molecule has 1 aromatic heterocycles. The SMILES string of the molecule is CS(=O)(=O)c1ccc([C@H](O)CN2CCc3sccc3C2)cc1. The molecule has 1 aliphatic rings. The van der Waals surface area contributed by atoms with Gasteiger partial charge >= 0.3 is 0 Å². The Labute approximate surface area is 134 Å². The first-order chi connectivity index (χ1) is 10.4. The fourth-order valence-corrected chi connectivity index (χ4v) is 4.27. The lowest BCUT2D eigenvalue weighted by Crippen LogP contribution is -2.33. The average molecular weight is 337 g/mol. The molecule has 0 radical (unpaired) electrons. The van der Waals surface area contributed by atoms with Crippen LogP contribution in [0.1, 0.15) is 22.1 Å². The molecule has 0 fully saturated rings. The monoisotopic (exact) mass is 337 g/mol. The van der Waals surface area contributed by atoms with Crippen molar-refractivity contribution in [1.82, 2.24) is 4.90 Å². The number of nitrogens with zero attached hydrogens (tertiary/aromatic N) is 1. The Morgan fingerprint density at radius 1 is 1.27 bits per heavy atom. The number of β-amino-alcohol motifs (C(OH)–C–C–N with tert-alkyl or cyclic N) is 1. The minimum Gasteiger partial charge on any atom is -0.387 e. The third-order valence-electron chi connectivity index (χ3n) is 4.01. The summed E-state index contributed by atoms with van der Waals surface area (Å²) < 4.78 is 22.9. The zero-order valence-electron chi connectivity index (χ0n) is 12.4. The maximum absolute atomic E-state index is 11.5. The molecular formula is C16H19NO3S2. The van der Waals surface area contributed by atoms with Gasteiger partial charge in [-0.15, -0.1) is 11.3 Å². The van der Waals surface area contributed by atoms with Crippen molar-refractivity contribution in [2.45, 2.75) is 24.0 Å². The van der Waals surface area contributed by atoms with Gasteiger partial charge in [0.2, 0.25) is 0 Å². The maximum Gasteiger partial charge on any atom is 0.175 e. The molecule has 0 unspecified atom stereocenters. The molecule has 2 aromatic rings. The summed E-state index contributed by atoms with van der Waals surface area (Å²) in [6.07, 6.45) is 1.62. The smallest absolute Gasteiger partial charge is 0.175 e. The van der Waals surface area contributed by atoms with Gasteiger partial charge in [0, 0.05) is 30.8 Å². The first kappa shape index (κ1) is 15.7. The number of thiophene rings is 1. The van der Waals surface area contributed by atoms with Gasteiger partial charge in [-0.25, -0.2) is 8.42 Å². The lowest BCUT2D eigenvalue weighted by atomic mass is 10.1. The van der Waals surface area contributed by atoms with Gasteiger partial charge in [-0.3, -0.25) is 4.90 Å². The number of aliphatic hydroxyl groups is 1. The quantitative estimate of drug-likeness (QED) is 0.930. The largest absolute Gasteiger partial charge is 0.387 e. The molecule has 4 nitrogen and oxygen atoms in total. The molecule has 1 atom stereocenters. The van der Waals surface area contributed by atoms with Gasteiger partial charge in [-0.2, -0.15) is 0 Å². The maximum atomic E-state index is 11.5. The second kappa shape index (κ2) is 6.12. The number of aliphatic hydroxyl groups excluding tert-OH is 1. The Morgan fingerprint density at radius 3 is 2.68 bits per heavy atom. The van der Waals surface area contributed by atoms with Crippen LogP contribution in [-0.4, -0.2) is 37.8 Å². The van der Waals surface area contributed by atoms with Crippen LogP contribution in [0.25, 0.3) is 0 Å². The van der Waals surface area contributed by atoms with Gasteiger partial charge < -0.3 is 5.11 Å². The van der Waals surface area contributed by atoms with E-state index in [0.29, 0.717) is 6.54 Å². The van der Waals surface area contributed by atoms with Crippen LogP contribution in [0.15, 0.2) is 40.6 Å². The van der Waals surface area contributed by atoms with E-state index in [4.69, 9.17) is 0 Å². The van der Waals surface area contributed by atoms with E-state index in [-0.39, 0.29) is 4.90 Å². The van der Waals surface area contributed by atoms with E-state index in [9.17, 15) is 13.5 Å². The van der Waals surface area contributed by atoms with Crippen molar-refractivity contribution in [2.75, 3.05) is 19.3 Å². The van der Waals surface area contributed by atoms with Crippen LogP contribution in [-0.2, 0) is 22.8 Å². The Kier molecular flexibility index (Phi) is 4.36. The van der Waals surface area contributed by atoms with Crippen molar-refractivity contribution < 1.29 is 13.5 Å². The highest BCUT2D eigenvalue weighted by Crippen LogP contribution is 2.26. The normalized spacial score (nSPS) is 17.2. The lowest BCUT2D eigenvalue weighted by Gasteiger charge is -2.28. The number of rotatable bonds is 4. The van der Waals surface area contributed by atoms with Crippen LogP contribution < -0.4 is 0 Å². The standard InChI is InChI=1S/C16H19NO3S2/c1-22(19,20)14-4-2-12(3-5-14)15(18)11-17-8-6-16-13(10-17)7-9-21-16/h2-5,7,9,15,18H,6,8,10-11H2,1H3/t15-/m1/s1. The third kappa shape index (κ3) is 3.41. The summed E-state index contributed by atoms with van der Waals surface area (Å²) in [5.41, 5.74) is 2.11. The highest BCUT2D eigenvalue weighted by atomic mass is 32.2. The second-order valence-electron chi connectivity index (χ2n) is 5.71. The van der Waals surface area contributed by atoms with Crippen molar-refractivity contribution in [3.05, 3.63) is 51.7 Å². The Morgan fingerprint density at radius 2 is 2.00 bits per heavy atom. The van der Waals surface area contributed by atoms with E-state index >= 15 is 0 Å². The van der Waals surface area contributed by atoms with Gasteiger partial charge in [-0.05, 0) is 41.1 Å². The zero-order valence-corrected chi connectivity index (χ0v) is 14.0. The van der Waals surface area contributed by atoms with Gasteiger partial charge in [0.25, 0.3) is 0 Å². The fraction of sp³-hybridized carbons (Fsp3) is 0.375. The van der Waals surface area contributed by atoms with Crippen molar-refractivity contribution in [2.24, 2.45) is 0 Å². The van der Waals surface area contributed by atoms with Crippen LogP contribution in [0, 0.1) is 0 Å². The lowest BCUT2D eigenvalue weighted by molar-refractivity contribution is 0.106. The molecule has 1 aromatic carbocycles. The minimum atomic E-state index is -3.19. The number of benzene rings is 1. The summed E-state index contributed by atoms with van der Waals surface area (Å²) in [5.74, 6) is 0. The van der Waals surface area contributed by atoms with E-state index in [1.165, 1.54) is 16.7 Å². The van der Waals surface area contributed by atoms with Crippen LogP contribution >= 0.6 is 11.3 Å². The van der Waals surface area contributed by atoms with E-state index < -0.39 is 15.9 Å². The summed E-state index contributed by atoms with van der Waals surface area (Å²) in [7, 11) is -3.19. The van der Waals surface area contributed by atoms with E-state index in [2.05, 4.69) is 16.3 Å². The molecule has 0 bridgehead atoms. The van der Waals surface area contributed by atoms with Gasteiger partial charge in [0.15, 0.2) is 9.84 Å². The predicted octanol–water partition coefficient (Wildman–Crippen LogP) is 2.24. The Bertz CT molecular complexity index is 750. The van der Waals surface area contributed by atoms with Crippen LogP contribution in [0.4, 0.5) is 0 Å². The van der Waals surface area contributed by atoms with E-state index in [1.807, 2.05) is 0 Å². The number of fused-ring (bicyclic) bond motifs is 1. The number of hydrogen-bond acceptors (Lipinski definition) is 5. The van der Waals surface area contributed by atoms with Crippen molar-refractivity contribution in [3.63, 3.8) is 0 Å². The molecule has 0 spiro atoms. The molecule has 1 aliphatic heterocycles. The molecule has 6 heteroatoms. The third-order valence-corrected chi connectivity index (χ3v) is 6.16. The van der Waals surface area contributed by atoms with Crippen LogP contribution in [0.2, 0.25) is 0 Å². The first-order valence-corrected chi connectivity index (χ1v) is 9.96. The molecule has 3 rings (SSSR count). The molecular weight excluding hydrogens is 318 g/mol. The first-order valence-electron chi connectivity index (χ1n) is 7.19. The van der Waals surface area contributed by atoms with Crippen LogP contribution in [0.5, 0.6) is 0 Å². The topological polar surface area (TPSA) is 57.6 Å². The average Bonchev–Trinajstić information content (AvgIpc) is 2.94. The van der Waals surface area contributed by atoms with Gasteiger partial charge in [0.1, 0.15) is 0 Å². The molecule has 2 heterocycles. The highest BCUT2D eigenvalue weighted by Gasteiger charge is 2.20. The van der Waals surface area contributed by atoms with Crippen LogP contribution in [0.3, 0.4) is 0 Å². The molecule has 22 heavy (non-hydrogen) atoms. The van der Waals surface area contributed by atoms with Gasteiger partial charge in [-0.1, -0.05) is 12.1 Å². The molecule has 0 aliphatic carbocycles. The summed E-state index contributed by atoms with van der Waals surface area (Å²) in [4.78, 5) is 3.97. The Balaban J connectivity index is 1.66. The van der Waals surface area contributed by atoms with Crippen molar-refractivity contribution >= 4 is 21.2 Å². The highest BCUT2D eigenvalue weighted by molar-refractivity contribution is 7.90. The molecule has 0 saturated carbocycles.